The molecule has 0 amide bonds. The van der Waals surface area contributed by atoms with Gasteiger partial charge in [0, 0.05) is 78.7 Å². The van der Waals surface area contributed by atoms with Gasteiger partial charge in [0.2, 0.25) is 0 Å². The molecule has 18 rings (SSSR count). The smallest absolute Gasteiger partial charge is 0.252 e. The lowest BCUT2D eigenvalue weighted by atomic mass is 9.33. The van der Waals surface area contributed by atoms with Crippen LogP contribution in [0.15, 0.2) is 241 Å². The third-order valence-electron chi connectivity index (χ3n) is 22.5. The number of furan rings is 1. The number of fused-ring (bicyclic) bond motifs is 14. The van der Waals surface area contributed by atoms with Crippen LogP contribution in [0.25, 0.3) is 66.4 Å². The summed E-state index contributed by atoms with van der Waals surface area (Å²) in [6.07, 6.45) is 0. The summed E-state index contributed by atoms with van der Waals surface area (Å²) in [7, 11) is 0. The number of hydrogen-bond donors (Lipinski definition) is 0. The maximum atomic E-state index is 6.54. The maximum Gasteiger partial charge on any atom is 0.252 e. The Bertz CT molecular complexity index is 5490. The first kappa shape index (κ1) is 60.9. The Morgan fingerprint density at radius 2 is 0.939 bits per heavy atom. The standard InChI is InChI=1S/C92H82BN3O3/c1-88(2,3)59-29-36-63(37-30-59)95-77-43-33-61(90(7,8)9)50-75(77)93-76-53-84-85(98-45-44-97-84)54-79(76)96(64-38-31-60(32-39-64)89(4,5)6)81-48-58(47-80(95)87(81)93)55-26-34-62(35-27-55)94(78-52-74-86(69-22-16-15-21-68(69)78)70-23-17-18-24-71(70)91(74,10)11)65-40-42-67-66-41-28-57(46-72(66)92(12,13)73(67)51-65)83-49-56-20-14-19-25-82(56)99-83/h14-43,46-54H,44-45H2,1-13H3. The molecule has 12 aromatic carbocycles. The molecular weight excluding hydrogens is 1210 g/mol. The van der Waals surface area contributed by atoms with Crippen molar-refractivity contribution in [2.45, 2.75) is 117 Å². The number of nitrogens with zero attached hydrogens (tertiary/aromatic N) is 3. The van der Waals surface area contributed by atoms with Crippen molar-refractivity contribution in [1.82, 2.24) is 0 Å². The topological polar surface area (TPSA) is 41.3 Å². The summed E-state index contributed by atoms with van der Waals surface area (Å²) >= 11 is 0. The molecule has 486 valence electrons. The summed E-state index contributed by atoms with van der Waals surface area (Å²) in [6.45, 7) is 31.2. The molecule has 2 aliphatic carbocycles. The minimum atomic E-state index is -0.325. The predicted molar refractivity (Wildman–Crippen MR) is 416 cm³/mol. The molecule has 0 N–H and O–H groups in total. The molecule has 0 bridgehead atoms. The van der Waals surface area contributed by atoms with Crippen LogP contribution in [0.1, 0.15) is 129 Å². The minimum absolute atomic E-state index is 0.0231. The number of ether oxygens (including phenoxy) is 2. The van der Waals surface area contributed by atoms with Crippen LogP contribution in [0.3, 0.4) is 0 Å². The van der Waals surface area contributed by atoms with E-state index in [2.05, 4.69) is 335 Å². The molecule has 0 saturated heterocycles. The second kappa shape index (κ2) is 21.5. The molecule has 5 aliphatic rings. The average Bonchev–Trinajstić information content (AvgIpc) is 1.66. The largest absolute Gasteiger partial charge is 0.486 e. The first-order valence-corrected chi connectivity index (χ1v) is 35.4. The molecule has 0 radical (unpaired) electrons. The quantitative estimate of drug-likeness (QED) is 0.148. The van der Waals surface area contributed by atoms with Gasteiger partial charge >= 0.3 is 0 Å². The van der Waals surface area contributed by atoms with Gasteiger partial charge in [-0.2, -0.15) is 0 Å². The van der Waals surface area contributed by atoms with E-state index in [0.29, 0.717) is 13.2 Å². The molecule has 0 unspecified atom stereocenters. The van der Waals surface area contributed by atoms with Crippen molar-refractivity contribution < 1.29 is 13.9 Å². The Morgan fingerprint density at radius 3 is 1.61 bits per heavy atom. The van der Waals surface area contributed by atoms with Crippen LogP contribution < -0.4 is 40.6 Å². The van der Waals surface area contributed by atoms with Crippen molar-refractivity contribution in [3.63, 3.8) is 0 Å². The van der Waals surface area contributed by atoms with Crippen molar-refractivity contribution in [3.8, 4) is 56.2 Å². The van der Waals surface area contributed by atoms with Gasteiger partial charge < -0.3 is 28.6 Å². The van der Waals surface area contributed by atoms with Gasteiger partial charge in [0.05, 0.1) is 5.69 Å². The van der Waals surface area contributed by atoms with Crippen molar-refractivity contribution >= 4 is 96.0 Å². The maximum absolute atomic E-state index is 6.54. The third kappa shape index (κ3) is 9.43. The highest BCUT2D eigenvalue weighted by molar-refractivity contribution is 7.00. The van der Waals surface area contributed by atoms with Gasteiger partial charge in [-0.3, -0.25) is 0 Å². The van der Waals surface area contributed by atoms with E-state index < -0.39 is 0 Å². The molecule has 6 nitrogen and oxygen atoms in total. The van der Waals surface area contributed by atoms with E-state index in [1.54, 1.807) is 0 Å². The second-order valence-corrected chi connectivity index (χ2v) is 32.4. The molecule has 7 heteroatoms. The monoisotopic (exact) mass is 1290 g/mol. The Hall–Kier alpha value is -10.5. The van der Waals surface area contributed by atoms with E-state index in [9.17, 15) is 0 Å². The van der Waals surface area contributed by atoms with Crippen LogP contribution in [0.5, 0.6) is 11.5 Å². The van der Waals surface area contributed by atoms with E-state index in [1.807, 2.05) is 6.07 Å². The number of para-hydroxylation sites is 1. The fourth-order valence-corrected chi connectivity index (χ4v) is 17.0. The lowest BCUT2D eigenvalue weighted by Gasteiger charge is -2.45. The number of rotatable bonds is 7. The predicted octanol–water partition coefficient (Wildman–Crippen LogP) is 22.7. The lowest BCUT2D eigenvalue weighted by molar-refractivity contribution is 0.172. The van der Waals surface area contributed by atoms with Crippen LogP contribution in [0.4, 0.5) is 51.2 Å². The van der Waals surface area contributed by atoms with Crippen LogP contribution in [-0.2, 0) is 27.1 Å². The summed E-state index contributed by atoms with van der Waals surface area (Å²) in [4.78, 5) is 7.61. The number of anilines is 9. The van der Waals surface area contributed by atoms with E-state index in [1.165, 1.54) is 94.0 Å². The third-order valence-corrected chi connectivity index (χ3v) is 22.5. The average molecular weight is 1290 g/mol. The fraction of sp³-hybridized carbons (Fsp3) is 0.217. The fourth-order valence-electron chi connectivity index (χ4n) is 17.0. The molecule has 0 atom stereocenters. The van der Waals surface area contributed by atoms with Crippen molar-refractivity contribution in [3.05, 3.63) is 276 Å². The zero-order valence-corrected chi connectivity index (χ0v) is 59.1. The molecule has 99 heavy (non-hydrogen) atoms. The summed E-state index contributed by atoms with van der Waals surface area (Å²) in [5.41, 5.74) is 31.6. The molecule has 0 fully saturated rings. The molecule has 13 aromatic rings. The second-order valence-electron chi connectivity index (χ2n) is 32.4. The van der Waals surface area contributed by atoms with Crippen molar-refractivity contribution in [2.24, 2.45) is 0 Å². The van der Waals surface area contributed by atoms with E-state index in [0.717, 1.165) is 90.4 Å². The molecule has 0 saturated carbocycles. The Balaban J connectivity index is 0.849. The number of benzene rings is 12. The van der Waals surface area contributed by atoms with Gasteiger partial charge in [-0.15, -0.1) is 0 Å². The van der Waals surface area contributed by atoms with Crippen molar-refractivity contribution in [2.75, 3.05) is 27.9 Å². The van der Waals surface area contributed by atoms with E-state index >= 15 is 0 Å². The summed E-state index contributed by atoms with van der Waals surface area (Å²) < 4.78 is 19.6. The lowest BCUT2D eigenvalue weighted by Crippen LogP contribution is -2.61. The molecule has 4 heterocycles. The van der Waals surface area contributed by atoms with Gasteiger partial charge in [0.1, 0.15) is 24.6 Å². The first-order valence-electron chi connectivity index (χ1n) is 35.4. The Kier molecular flexibility index (Phi) is 13.2. The van der Waals surface area contributed by atoms with Gasteiger partial charge in [-0.1, -0.05) is 223 Å². The van der Waals surface area contributed by atoms with Gasteiger partial charge in [0.15, 0.2) is 11.5 Å². The minimum Gasteiger partial charge on any atom is -0.486 e. The Morgan fingerprint density at radius 1 is 0.394 bits per heavy atom. The highest BCUT2D eigenvalue weighted by atomic mass is 16.6. The van der Waals surface area contributed by atoms with E-state index in [-0.39, 0.29) is 33.8 Å². The van der Waals surface area contributed by atoms with Crippen LogP contribution in [0.2, 0.25) is 0 Å². The van der Waals surface area contributed by atoms with Crippen molar-refractivity contribution in [1.29, 1.82) is 0 Å². The zero-order valence-electron chi connectivity index (χ0n) is 59.1. The molecule has 3 aliphatic heterocycles. The first-order chi connectivity index (χ1) is 47.5. The van der Waals surface area contributed by atoms with Crippen LogP contribution >= 0.6 is 0 Å². The van der Waals surface area contributed by atoms with Gasteiger partial charge in [-0.05, 0) is 207 Å². The Labute approximate surface area is 583 Å². The summed E-state index contributed by atoms with van der Waals surface area (Å²) in [6, 6.07) is 90.1. The molecule has 0 spiro atoms. The van der Waals surface area contributed by atoms with Gasteiger partial charge in [0.25, 0.3) is 6.71 Å². The normalized spacial score (nSPS) is 15.1. The molecule has 1 aromatic heterocycles. The highest BCUT2D eigenvalue weighted by Crippen LogP contribution is 2.57. The van der Waals surface area contributed by atoms with Crippen LogP contribution in [-0.4, -0.2) is 19.9 Å². The highest BCUT2D eigenvalue weighted by Gasteiger charge is 2.46. The summed E-state index contributed by atoms with van der Waals surface area (Å²) in [5, 5.41) is 3.57. The van der Waals surface area contributed by atoms with Gasteiger partial charge in [-0.25, -0.2) is 0 Å². The zero-order chi connectivity index (χ0) is 68.0. The SMILES string of the molecule is CC(C)(C)c1ccc(N2c3ccc(C(C)(C)C)cc3B3c4cc5c(cc4N(c4ccc(C(C)(C)C)cc4)c4cc(-c6ccc(N(c7ccc8c(c7)C(C)(C)c7cc(-c9cc%10ccccc%10o9)ccc7-8)c7cc8c(c9ccccc79)-c7ccccc7C8(C)C)cc6)cc2c43)OCCO5)cc1. The molecular formula is C92H82BN3O3. The van der Waals surface area contributed by atoms with Crippen LogP contribution in [0, 0.1) is 0 Å². The number of hydrogen-bond acceptors (Lipinski definition) is 6. The summed E-state index contributed by atoms with van der Waals surface area (Å²) in [5.74, 6) is 2.44. The van der Waals surface area contributed by atoms with E-state index in [4.69, 9.17) is 13.9 Å².